The third-order valence-electron chi connectivity index (χ3n) is 4.31. The molecule has 4 rings (SSSR count). The van der Waals surface area contributed by atoms with Gasteiger partial charge < -0.3 is 5.32 Å². The summed E-state index contributed by atoms with van der Waals surface area (Å²) in [7, 11) is 1.64. The predicted molar refractivity (Wildman–Crippen MR) is 101 cm³/mol. The number of hydrogen-bond acceptors (Lipinski definition) is 2. The molecule has 0 spiro atoms. The van der Waals surface area contributed by atoms with Gasteiger partial charge in [-0.3, -0.25) is 9.20 Å². The van der Waals surface area contributed by atoms with Gasteiger partial charge in [-0.25, -0.2) is 4.98 Å². The number of halogens is 1. The zero-order valence-electron chi connectivity index (χ0n) is 13.7. The molecule has 0 atom stereocenters. The quantitative estimate of drug-likeness (QED) is 0.605. The van der Waals surface area contributed by atoms with Gasteiger partial charge in [-0.2, -0.15) is 0 Å². The summed E-state index contributed by atoms with van der Waals surface area (Å²) >= 11 is 6.01. The molecule has 0 saturated heterocycles. The summed E-state index contributed by atoms with van der Waals surface area (Å²) < 4.78 is 2.06. The van der Waals surface area contributed by atoms with Crippen molar-refractivity contribution in [3.63, 3.8) is 0 Å². The minimum atomic E-state index is -0.0510. The Labute approximate surface area is 150 Å². The second-order valence-corrected chi connectivity index (χ2v) is 6.29. The molecule has 2 aromatic carbocycles. The molecule has 2 heterocycles. The molecule has 0 fully saturated rings. The number of likely N-dealkylation sites (N-methyl/N-ethyl adjacent to an activating group) is 1. The summed E-state index contributed by atoms with van der Waals surface area (Å²) in [6.07, 6.45) is 0.254. The number of hydrogen-bond donors (Lipinski definition) is 1. The van der Waals surface area contributed by atoms with Crippen LogP contribution in [0.25, 0.3) is 27.8 Å². The number of carbonyl (C=O) groups excluding carboxylic acids is 1. The monoisotopic (exact) mass is 349 g/mol. The van der Waals surface area contributed by atoms with Crippen LogP contribution in [0, 0.1) is 0 Å². The smallest absolute Gasteiger partial charge is 0.225 e. The first kappa shape index (κ1) is 15.7. The Kier molecular flexibility index (Phi) is 3.90. The number of benzene rings is 2. The first-order chi connectivity index (χ1) is 12.2. The standard InChI is InChI=1S/C20H16ClN3O/c1-22-19(25)12-17-20(14-6-9-15(21)10-7-14)23-18-11-8-13-4-2-3-5-16(13)24(17)18/h2-11H,12H2,1H3,(H,22,25). The van der Waals surface area contributed by atoms with E-state index in [9.17, 15) is 4.79 Å². The SMILES string of the molecule is CNC(=O)Cc1c(-c2ccc(Cl)cc2)nc2ccc3ccccc3n12. The van der Waals surface area contributed by atoms with Crippen molar-refractivity contribution in [2.45, 2.75) is 6.42 Å². The van der Waals surface area contributed by atoms with E-state index < -0.39 is 0 Å². The number of pyridine rings is 1. The highest BCUT2D eigenvalue weighted by Crippen LogP contribution is 2.29. The van der Waals surface area contributed by atoms with Crippen molar-refractivity contribution in [2.24, 2.45) is 0 Å². The van der Waals surface area contributed by atoms with Crippen molar-refractivity contribution in [2.75, 3.05) is 7.05 Å². The average molecular weight is 350 g/mol. The van der Waals surface area contributed by atoms with Crippen LogP contribution < -0.4 is 5.32 Å². The van der Waals surface area contributed by atoms with Crippen molar-refractivity contribution in [1.29, 1.82) is 0 Å². The lowest BCUT2D eigenvalue weighted by molar-refractivity contribution is -0.120. The highest BCUT2D eigenvalue weighted by atomic mass is 35.5. The summed E-state index contributed by atoms with van der Waals surface area (Å²) in [5, 5.41) is 4.48. The van der Waals surface area contributed by atoms with E-state index in [1.54, 1.807) is 7.05 Å². The molecule has 0 saturated carbocycles. The lowest BCUT2D eigenvalue weighted by Gasteiger charge is -2.08. The van der Waals surface area contributed by atoms with Gasteiger partial charge in [0.05, 0.1) is 23.3 Å². The van der Waals surface area contributed by atoms with E-state index in [1.165, 1.54) is 0 Å². The van der Waals surface area contributed by atoms with E-state index in [2.05, 4.69) is 15.8 Å². The van der Waals surface area contributed by atoms with E-state index in [0.29, 0.717) is 5.02 Å². The number of rotatable bonds is 3. The molecular weight excluding hydrogens is 334 g/mol. The van der Waals surface area contributed by atoms with E-state index in [0.717, 1.165) is 33.5 Å². The van der Waals surface area contributed by atoms with Gasteiger partial charge in [-0.15, -0.1) is 0 Å². The first-order valence-electron chi connectivity index (χ1n) is 8.03. The van der Waals surface area contributed by atoms with Crippen molar-refractivity contribution >= 4 is 34.1 Å². The Balaban J connectivity index is 2.04. The number of aromatic nitrogens is 2. The second kappa shape index (κ2) is 6.22. The lowest BCUT2D eigenvalue weighted by Crippen LogP contribution is -2.21. The molecule has 0 aliphatic carbocycles. The highest BCUT2D eigenvalue weighted by molar-refractivity contribution is 6.30. The zero-order chi connectivity index (χ0) is 17.4. The van der Waals surface area contributed by atoms with Crippen LogP contribution in [0.1, 0.15) is 5.69 Å². The van der Waals surface area contributed by atoms with Crippen LogP contribution in [0.3, 0.4) is 0 Å². The lowest BCUT2D eigenvalue weighted by atomic mass is 10.1. The molecule has 0 aliphatic rings. The highest BCUT2D eigenvalue weighted by Gasteiger charge is 2.18. The van der Waals surface area contributed by atoms with E-state index in [4.69, 9.17) is 16.6 Å². The van der Waals surface area contributed by atoms with Gasteiger partial charge >= 0.3 is 0 Å². The molecule has 0 bridgehead atoms. The summed E-state index contributed by atoms with van der Waals surface area (Å²) in [5.41, 5.74) is 4.47. The van der Waals surface area contributed by atoms with Crippen LogP contribution in [-0.2, 0) is 11.2 Å². The molecule has 2 aromatic heterocycles. The maximum absolute atomic E-state index is 12.1. The Morgan fingerprint density at radius 1 is 1.08 bits per heavy atom. The maximum Gasteiger partial charge on any atom is 0.225 e. The molecular formula is C20H16ClN3O. The number of nitrogens with zero attached hydrogens (tertiary/aromatic N) is 2. The minimum absolute atomic E-state index is 0.0510. The van der Waals surface area contributed by atoms with Crippen LogP contribution in [-0.4, -0.2) is 22.3 Å². The van der Waals surface area contributed by atoms with E-state index >= 15 is 0 Å². The number of nitrogens with one attached hydrogen (secondary N) is 1. The van der Waals surface area contributed by atoms with Gasteiger partial charge in [0.15, 0.2) is 0 Å². The number of fused-ring (bicyclic) bond motifs is 3. The van der Waals surface area contributed by atoms with Gasteiger partial charge in [-0.1, -0.05) is 41.9 Å². The number of para-hydroxylation sites is 1. The van der Waals surface area contributed by atoms with Crippen molar-refractivity contribution in [1.82, 2.24) is 14.7 Å². The summed E-state index contributed by atoms with van der Waals surface area (Å²) in [4.78, 5) is 16.9. The molecule has 25 heavy (non-hydrogen) atoms. The molecule has 4 nitrogen and oxygen atoms in total. The Hall–Kier alpha value is -2.85. The third-order valence-corrected chi connectivity index (χ3v) is 4.56. The summed E-state index contributed by atoms with van der Waals surface area (Å²) in [5.74, 6) is -0.0510. The van der Waals surface area contributed by atoms with E-state index in [-0.39, 0.29) is 12.3 Å². The molecule has 4 aromatic rings. The van der Waals surface area contributed by atoms with Gasteiger partial charge in [0.25, 0.3) is 0 Å². The molecule has 1 N–H and O–H groups in total. The largest absolute Gasteiger partial charge is 0.359 e. The molecule has 5 heteroatoms. The summed E-state index contributed by atoms with van der Waals surface area (Å²) in [6, 6.07) is 19.7. The Morgan fingerprint density at radius 2 is 1.84 bits per heavy atom. The first-order valence-corrected chi connectivity index (χ1v) is 8.41. The van der Waals surface area contributed by atoms with Crippen LogP contribution >= 0.6 is 11.6 Å². The summed E-state index contributed by atoms with van der Waals surface area (Å²) in [6.45, 7) is 0. The van der Waals surface area contributed by atoms with Crippen LogP contribution in [0.15, 0.2) is 60.7 Å². The fraction of sp³-hybridized carbons (Fsp3) is 0.100. The third kappa shape index (κ3) is 2.75. The van der Waals surface area contributed by atoms with Gasteiger partial charge in [0.1, 0.15) is 5.65 Å². The predicted octanol–water partition coefficient (Wildman–Crippen LogP) is 4.10. The second-order valence-electron chi connectivity index (χ2n) is 5.85. The van der Waals surface area contributed by atoms with Gasteiger partial charge in [-0.05, 0) is 35.7 Å². The Bertz CT molecular complexity index is 1080. The number of carbonyl (C=O) groups is 1. The van der Waals surface area contributed by atoms with E-state index in [1.807, 2.05) is 54.6 Å². The van der Waals surface area contributed by atoms with Crippen molar-refractivity contribution in [3.05, 3.63) is 71.4 Å². The van der Waals surface area contributed by atoms with Gasteiger partial charge in [0.2, 0.25) is 5.91 Å². The topological polar surface area (TPSA) is 46.4 Å². The molecule has 1 amide bonds. The van der Waals surface area contributed by atoms with Crippen LogP contribution in [0.4, 0.5) is 0 Å². The fourth-order valence-corrected chi connectivity index (χ4v) is 3.22. The average Bonchev–Trinajstić information content (AvgIpc) is 3.01. The normalized spacial score (nSPS) is 11.1. The van der Waals surface area contributed by atoms with Crippen LogP contribution in [0.5, 0.6) is 0 Å². The maximum atomic E-state index is 12.1. The number of imidazole rings is 1. The zero-order valence-corrected chi connectivity index (χ0v) is 14.4. The number of amides is 1. The fourth-order valence-electron chi connectivity index (χ4n) is 3.09. The molecule has 0 aliphatic heterocycles. The van der Waals surface area contributed by atoms with Crippen LogP contribution in [0.2, 0.25) is 5.02 Å². The van der Waals surface area contributed by atoms with Crippen molar-refractivity contribution in [3.8, 4) is 11.3 Å². The molecule has 124 valence electrons. The van der Waals surface area contributed by atoms with Gasteiger partial charge in [0, 0.05) is 17.6 Å². The molecule has 0 radical (unpaired) electrons. The molecule has 0 unspecified atom stereocenters. The Morgan fingerprint density at radius 3 is 2.60 bits per heavy atom. The van der Waals surface area contributed by atoms with Crippen molar-refractivity contribution < 1.29 is 4.79 Å². The minimum Gasteiger partial charge on any atom is -0.359 e.